The molecule has 0 aromatic carbocycles. The van der Waals surface area contributed by atoms with Gasteiger partial charge in [0.1, 0.15) is 0 Å². The van der Waals surface area contributed by atoms with E-state index in [1.807, 2.05) is 0 Å². The van der Waals surface area contributed by atoms with Crippen LogP contribution < -0.4 is 6.15 Å². The van der Waals surface area contributed by atoms with Crippen LogP contribution in [0.4, 0.5) is 0 Å². The zero-order chi connectivity index (χ0) is 3.58. The van der Waals surface area contributed by atoms with Crippen LogP contribution in [0.15, 0.2) is 0 Å². The Balaban J connectivity index is -0.0000000450. The zero-order valence-corrected chi connectivity index (χ0v) is 6.60. The molecule has 6 heteroatoms. The van der Waals surface area contributed by atoms with Gasteiger partial charge in [0.05, 0.1) is 5.09 Å². The van der Waals surface area contributed by atoms with Crippen molar-refractivity contribution in [1.82, 2.24) is 6.15 Å². The van der Waals surface area contributed by atoms with Crippen LogP contribution in [0.2, 0.25) is 0 Å². The molecule has 5 nitrogen and oxygen atoms in total. The van der Waals surface area contributed by atoms with Crippen molar-refractivity contribution in [2.75, 3.05) is 0 Å². The van der Waals surface area contributed by atoms with E-state index in [-0.39, 0.29) is 32.4 Å². The molecule has 0 fully saturated rings. The maximum Gasteiger partial charge on any atom is 0.0689 e. The molecule has 0 aromatic rings. The van der Waals surface area contributed by atoms with Crippen molar-refractivity contribution < 1.29 is 5.09 Å². The van der Waals surface area contributed by atoms with Gasteiger partial charge < -0.3 is 21.5 Å². The Morgan fingerprint density at radius 2 is 1.33 bits per heavy atom. The van der Waals surface area contributed by atoms with Gasteiger partial charge in [-0.2, -0.15) is 0 Å². The Morgan fingerprint density at radius 1 is 1.33 bits per heavy atom. The molecular formula is H4BiN2O3. The second-order valence-corrected chi connectivity index (χ2v) is 0.224. The standard InChI is InChI=1S/Bi.NO3.H3N/c;2-1(3)4;/h;;1H3/q;-1;/p+1. The zero-order valence-electron chi connectivity index (χ0n) is 3.12. The third kappa shape index (κ3) is 20100. The summed E-state index contributed by atoms with van der Waals surface area (Å²) in [6, 6.07) is 0. The molecule has 0 amide bonds. The molecule has 0 saturated heterocycles. The first-order valence-electron chi connectivity index (χ1n) is 0.548. The summed E-state index contributed by atoms with van der Waals surface area (Å²) < 4.78 is 0. The van der Waals surface area contributed by atoms with Crippen LogP contribution >= 0.6 is 0 Å². The van der Waals surface area contributed by atoms with Crippen LogP contribution in [0.25, 0.3) is 0 Å². The fourth-order valence-electron chi connectivity index (χ4n) is 0. The molecule has 0 aliphatic heterocycles. The van der Waals surface area contributed by atoms with Gasteiger partial charge in [-0.05, 0) is 0 Å². The van der Waals surface area contributed by atoms with Crippen molar-refractivity contribution in [3.8, 4) is 0 Å². The van der Waals surface area contributed by atoms with Gasteiger partial charge in [0.15, 0.2) is 0 Å². The van der Waals surface area contributed by atoms with Crippen LogP contribution in [-0.2, 0) is 0 Å². The SMILES string of the molecule is O=[N+]([O-])[O-].[Bi].[NH4+]. The molecule has 37 valence electrons. The average molecular weight is 289 g/mol. The van der Waals surface area contributed by atoms with Crippen molar-refractivity contribution in [2.24, 2.45) is 0 Å². The number of hydrogen-bond acceptors (Lipinski definition) is 3. The predicted molar refractivity (Wildman–Crippen MR) is 22.1 cm³/mol. The Hall–Kier alpha value is 0.0431. The normalized spacial score (nSPS) is 4.00. The molecule has 0 rings (SSSR count). The van der Waals surface area contributed by atoms with Crippen molar-refractivity contribution in [3.63, 3.8) is 0 Å². The van der Waals surface area contributed by atoms with Gasteiger partial charge in [0.2, 0.25) is 0 Å². The second kappa shape index (κ2) is 8.90. The van der Waals surface area contributed by atoms with Crippen molar-refractivity contribution >= 4 is 26.2 Å². The molecule has 0 aromatic heterocycles. The molecule has 0 saturated carbocycles. The third-order valence-electron chi connectivity index (χ3n) is 0. The molecule has 0 unspecified atom stereocenters. The van der Waals surface area contributed by atoms with E-state index < -0.39 is 5.09 Å². The fraction of sp³-hybridized carbons (Fsp3) is 0. The topological polar surface area (TPSA) is 103 Å². The molecule has 0 spiro atoms. The monoisotopic (exact) mass is 289 g/mol. The maximum absolute atomic E-state index is 8.25. The first-order valence-corrected chi connectivity index (χ1v) is 0.548. The van der Waals surface area contributed by atoms with Gasteiger partial charge in [-0.3, -0.25) is 0 Å². The molecule has 3 radical (unpaired) electrons. The quantitative estimate of drug-likeness (QED) is 0.378. The smallest absolute Gasteiger partial charge is 0.0689 e. The first kappa shape index (κ1) is 16.6. The number of nitrogens with zero attached hydrogens (tertiary/aromatic N) is 1. The van der Waals surface area contributed by atoms with E-state index in [1.165, 1.54) is 0 Å². The van der Waals surface area contributed by atoms with Gasteiger partial charge in [0.25, 0.3) is 0 Å². The van der Waals surface area contributed by atoms with Crippen molar-refractivity contribution in [2.45, 2.75) is 0 Å². The summed E-state index contributed by atoms with van der Waals surface area (Å²) in [6.45, 7) is 0. The van der Waals surface area contributed by atoms with Gasteiger partial charge >= 0.3 is 0 Å². The minimum Gasteiger partial charge on any atom is -0.369 e. The average Bonchev–Trinajstić information content (AvgIpc) is 0.811. The molecule has 6 heavy (non-hydrogen) atoms. The molecule has 0 aliphatic rings. The van der Waals surface area contributed by atoms with Crippen LogP contribution in [0.3, 0.4) is 0 Å². The van der Waals surface area contributed by atoms with Gasteiger partial charge in [-0.25, -0.2) is 0 Å². The van der Waals surface area contributed by atoms with Crippen LogP contribution in [-0.4, -0.2) is 31.3 Å². The molecule has 4 N–H and O–H groups in total. The van der Waals surface area contributed by atoms with Gasteiger partial charge in [-0.1, -0.05) is 0 Å². The number of quaternary nitrogens is 1. The van der Waals surface area contributed by atoms with Gasteiger partial charge in [-0.15, -0.1) is 0 Å². The first-order chi connectivity index (χ1) is 1.73. The van der Waals surface area contributed by atoms with E-state index in [9.17, 15) is 0 Å². The third-order valence-corrected chi connectivity index (χ3v) is 0. The van der Waals surface area contributed by atoms with Crippen molar-refractivity contribution in [1.29, 1.82) is 0 Å². The maximum atomic E-state index is 8.25. The number of hydrogen-bond donors (Lipinski definition) is 1. The molecule has 0 aliphatic carbocycles. The van der Waals surface area contributed by atoms with Crippen LogP contribution in [0.5, 0.6) is 0 Å². The molecule has 0 heterocycles. The molecule has 0 atom stereocenters. The van der Waals surface area contributed by atoms with E-state index in [2.05, 4.69) is 0 Å². The second-order valence-electron chi connectivity index (χ2n) is 0.224. The van der Waals surface area contributed by atoms with Crippen molar-refractivity contribution in [3.05, 3.63) is 15.3 Å². The van der Waals surface area contributed by atoms with E-state index in [4.69, 9.17) is 15.3 Å². The van der Waals surface area contributed by atoms with Crippen LogP contribution in [0, 0.1) is 15.3 Å². The molecular weight excluding hydrogens is 285 g/mol. The summed E-state index contributed by atoms with van der Waals surface area (Å²) in [5.41, 5.74) is 0. The summed E-state index contributed by atoms with van der Waals surface area (Å²) in [6.07, 6.45) is 0. The minimum atomic E-state index is -1.75. The summed E-state index contributed by atoms with van der Waals surface area (Å²) in [7, 11) is 0. The van der Waals surface area contributed by atoms with E-state index in [0.717, 1.165) is 0 Å². The summed E-state index contributed by atoms with van der Waals surface area (Å²) in [5.74, 6) is 0. The summed E-state index contributed by atoms with van der Waals surface area (Å²) in [4.78, 5) is 8.25. The largest absolute Gasteiger partial charge is 0.369 e. The Labute approximate surface area is 53.2 Å². The summed E-state index contributed by atoms with van der Waals surface area (Å²) >= 11 is 0. The van der Waals surface area contributed by atoms with E-state index in [1.54, 1.807) is 0 Å². The fourth-order valence-corrected chi connectivity index (χ4v) is 0. The Morgan fingerprint density at radius 3 is 1.33 bits per heavy atom. The van der Waals surface area contributed by atoms with Crippen LogP contribution in [0.1, 0.15) is 0 Å². The number of rotatable bonds is 0. The van der Waals surface area contributed by atoms with E-state index in [0.29, 0.717) is 0 Å². The van der Waals surface area contributed by atoms with Gasteiger partial charge in [0, 0.05) is 26.2 Å². The van der Waals surface area contributed by atoms with E-state index >= 15 is 0 Å². The summed E-state index contributed by atoms with van der Waals surface area (Å²) in [5, 5.41) is 14.8. The molecule has 0 bridgehead atoms. The Bertz CT molecular complexity index is 31.8. The minimum absolute atomic E-state index is 0. The predicted octanol–water partition coefficient (Wildman–Crippen LogP) is -0.244. The Kier molecular flexibility index (Phi) is 24.6.